The molecule has 4 heteroatoms. The minimum absolute atomic E-state index is 0.0989. The van der Waals surface area contributed by atoms with E-state index in [-0.39, 0.29) is 5.92 Å². The van der Waals surface area contributed by atoms with Gasteiger partial charge in [0.1, 0.15) is 5.78 Å². The summed E-state index contributed by atoms with van der Waals surface area (Å²) in [6, 6.07) is 4.08. The van der Waals surface area contributed by atoms with Crippen molar-refractivity contribution in [1.82, 2.24) is 4.90 Å². The number of benzene rings is 1. The van der Waals surface area contributed by atoms with Gasteiger partial charge in [0.2, 0.25) is 0 Å². The summed E-state index contributed by atoms with van der Waals surface area (Å²) in [7, 11) is 3.30. The minimum atomic E-state index is 0.0989. The second-order valence-corrected chi connectivity index (χ2v) is 5.56. The van der Waals surface area contributed by atoms with Crippen LogP contribution in [0.3, 0.4) is 0 Å². The molecule has 0 atom stereocenters. The maximum Gasteiger partial charge on any atom is 0.161 e. The van der Waals surface area contributed by atoms with Gasteiger partial charge in [-0.05, 0) is 29.7 Å². The Balaban J connectivity index is 2.15. The average Bonchev–Trinajstić information content (AvgIpc) is 2.45. The number of methoxy groups -OCH3 is 2. The van der Waals surface area contributed by atoms with E-state index < -0.39 is 0 Å². The Labute approximate surface area is 120 Å². The van der Waals surface area contributed by atoms with E-state index >= 15 is 0 Å². The molecule has 0 saturated heterocycles. The highest BCUT2D eigenvalue weighted by molar-refractivity contribution is 5.82. The van der Waals surface area contributed by atoms with Gasteiger partial charge in [-0.3, -0.25) is 9.69 Å². The zero-order valence-electron chi connectivity index (χ0n) is 12.7. The number of fused-ring (bicyclic) bond motifs is 1. The Morgan fingerprint density at radius 2 is 1.80 bits per heavy atom. The Bertz CT molecular complexity index is 497. The SMILES string of the molecule is COc1cc2c(cc1OC)CN(CC(=O)C(C)C)CC2. The molecule has 0 aromatic heterocycles. The maximum atomic E-state index is 11.9. The number of nitrogens with zero attached hydrogens (tertiary/aromatic N) is 1. The van der Waals surface area contributed by atoms with Crippen molar-refractivity contribution in [3.63, 3.8) is 0 Å². The largest absolute Gasteiger partial charge is 0.493 e. The fourth-order valence-corrected chi connectivity index (χ4v) is 2.48. The standard InChI is InChI=1S/C16H23NO3/c1-11(2)14(18)10-17-6-5-12-7-15(19-3)16(20-4)8-13(12)9-17/h7-8,11H,5-6,9-10H2,1-4H3. The summed E-state index contributed by atoms with van der Waals surface area (Å²) >= 11 is 0. The van der Waals surface area contributed by atoms with Gasteiger partial charge in [0.15, 0.2) is 11.5 Å². The number of Topliss-reactive ketones (excluding diaryl/α,β-unsaturated/α-hetero) is 1. The van der Waals surface area contributed by atoms with Crippen molar-refractivity contribution in [2.75, 3.05) is 27.3 Å². The van der Waals surface area contributed by atoms with Crippen LogP contribution >= 0.6 is 0 Å². The first kappa shape index (κ1) is 14.9. The molecule has 110 valence electrons. The maximum absolute atomic E-state index is 11.9. The molecule has 4 nitrogen and oxygen atoms in total. The highest BCUT2D eigenvalue weighted by Crippen LogP contribution is 2.33. The molecule has 1 aromatic carbocycles. The number of hydrogen-bond acceptors (Lipinski definition) is 4. The van der Waals surface area contributed by atoms with Crippen LogP contribution in [0.1, 0.15) is 25.0 Å². The van der Waals surface area contributed by atoms with E-state index in [0.29, 0.717) is 12.3 Å². The zero-order valence-corrected chi connectivity index (χ0v) is 12.7. The van der Waals surface area contributed by atoms with Gasteiger partial charge >= 0.3 is 0 Å². The first-order valence-electron chi connectivity index (χ1n) is 7.04. The van der Waals surface area contributed by atoms with Crippen LogP contribution in [0.25, 0.3) is 0 Å². The number of ketones is 1. The van der Waals surface area contributed by atoms with Crippen LogP contribution in [0.5, 0.6) is 11.5 Å². The lowest BCUT2D eigenvalue weighted by Crippen LogP contribution is -2.36. The van der Waals surface area contributed by atoms with Gasteiger partial charge in [0.05, 0.1) is 20.8 Å². The second kappa shape index (κ2) is 6.27. The summed E-state index contributed by atoms with van der Waals surface area (Å²) in [5.41, 5.74) is 2.52. The van der Waals surface area contributed by atoms with E-state index in [2.05, 4.69) is 11.0 Å². The summed E-state index contributed by atoms with van der Waals surface area (Å²) in [4.78, 5) is 14.1. The van der Waals surface area contributed by atoms with Gasteiger partial charge in [0, 0.05) is 19.0 Å². The molecule has 0 N–H and O–H groups in total. The molecule has 1 aliphatic rings. The Morgan fingerprint density at radius 1 is 1.20 bits per heavy atom. The molecule has 1 aromatic rings. The summed E-state index contributed by atoms with van der Waals surface area (Å²) in [6.45, 7) is 6.16. The number of carbonyl (C=O) groups excluding carboxylic acids is 1. The van der Waals surface area contributed by atoms with E-state index in [1.54, 1.807) is 14.2 Å². The molecule has 0 amide bonds. The number of rotatable bonds is 5. The van der Waals surface area contributed by atoms with Crippen molar-refractivity contribution in [3.05, 3.63) is 23.3 Å². The van der Waals surface area contributed by atoms with Crippen molar-refractivity contribution in [1.29, 1.82) is 0 Å². The molecule has 0 aliphatic carbocycles. The molecule has 1 heterocycles. The normalized spacial score (nSPS) is 15.1. The third-order valence-corrected chi connectivity index (χ3v) is 3.82. The van der Waals surface area contributed by atoms with Gasteiger partial charge in [0.25, 0.3) is 0 Å². The van der Waals surface area contributed by atoms with Crippen molar-refractivity contribution >= 4 is 5.78 Å². The molecule has 2 rings (SSSR count). The second-order valence-electron chi connectivity index (χ2n) is 5.56. The summed E-state index contributed by atoms with van der Waals surface area (Å²) in [5.74, 6) is 1.93. The molecule has 0 spiro atoms. The van der Waals surface area contributed by atoms with E-state index in [9.17, 15) is 4.79 Å². The average molecular weight is 277 g/mol. The lowest BCUT2D eigenvalue weighted by atomic mass is 9.98. The molecule has 0 unspecified atom stereocenters. The topological polar surface area (TPSA) is 38.8 Å². The number of hydrogen-bond donors (Lipinski definition) is 0. The molecular formula is C16H23NO3. The third-order valence-electron chi connectivity index (χ3n) is 3.82. The van der Waals surface area contributed by atoms with Crippen LogP contribution < -0.4 is 9.47 Å². The Morgan fingerprint density at radius 3 is 2.35 bits per heavy atom. The fraction of sp³-hybridized carbons (Fsp3) is 0.562. The van der Waals surface area contributed by atoms with Crippen molar-refractivity contribution in [2.45, 2.75) is 26.8 Å². The predicted octanol–water partition coefficient (Wildman–Crippen LogP) is 2.29. The first-order chi connectivity index (χ1) is 9.55. The van der Waals surface area contributed by atoms with Crippen LogP contribution in [0.4, 0.5) is 0 Å². The zero-order chi connectivity index (χ0) is 14.7. The quantitative estimate of drug-likeness (QED) is 0.827. The van der Waals surface area contributed by atoms with Crippen LogP contribution in [-0.2, 0) is 17.8 Å². The monoisotopic (exact) mass is 277 g/mol. The lowest BCUT2D eigenvalue weighted by molar-refractivity contribution is -0.123. The van der Waals surface area contributed by atoms with Crippen molar-refractivity contribution in [2.24, 2.45) is 5.92 Å². The summed E-state index contributed by atoms with van der Waals surface area (Å²) < 4.78 is 10.7. The molecule has 0 bridgehead atoms. The Kier molecular flexibility index (Phi) is 4.65. The molecule has 0 radical (unpaired) electrons. The summed E-state index contributed by atoms with van der Waals surface area (Å²) in [5, 5.41) is 0. The van der Waals surface area contributed by atoms with Crippen LogP contribution in [0.15, 0.2) is 12.1 Å². The van der Waals surface area contributed by atoms with Gasteiger partial charge < -0.3 is 9.47 Å². The highest BCUT2D eigenvalue weighted by atomic mass is 16.5. The van der Waals surface area contributed by atoms with E-state index in [1.165, 1.54) is 11.1 Å². The molecule has 20 heavy (non-hydrogen) atoms. The molecule has 0 fully saturated rings. The van der Waals surface area contributed by atoms with E-state index in [0.717, 1.165) is 31.0 Å². The van der Waals surface area contributed by atoms with Crippen molar-refractivity contribution in [3.8, 4) is 11.5 Å². The fourth-order valence-electron chi connectivity index (χ4n) is 2.48. The minimum Gasteiger partial charge on any atom is -0.493 e. The van der Waals surface area contributed by atoms with Crippen LogP contribution in [0, 0.1) is 5.92 Å². The Hall–Kier alpha value is -1.55. The van der Waals surface area contributed by atoms with Gasteiger partial charge in [-0.25, -0.2) is 0 Å². The first-order valence-corrected chi connectivity index (χ1v) is 7.04. The van der Waals surface area contributed by atoms with Crippen LogP contribution in [-0.4, -0.2) is 38.0 Å². The third kappa shape index (κ3) is 3.12. The van der Waals surface area contributed by atoms with Crippen molar-refractivity contribution < 1.29 is 14.3 Å². The molecule has 0 saturated carbocycles. The van der Waals surface area contributed by atoms with E-state index in [1.807, 2.05) is 19.9 Å². The highest BCUT2D eigenvalue weighted by Gasteiger charge is 2.21. The van der Waals surface area contributed by atoms with Gasteiger partial charge in [-0.1, -0.05) is 13.8 Å². The van der Waals surface area contributed by atoms with E-state index in [4.69, 9.17) is 9.47 Å². The number of ether oxygens (including phenoxy) is 2. The molecular weight excluding hydrogens is 254 g/mol. The summed E-state index contributed by atoms with van der Waals surface area (Å²) in [6.07, 6.45) is 0.945. The van der Waals surface area contributed by atoms with Gasteiger partial charge in [-0.2, -0.15) is 0 Å². The number of carbonyl (C=O) groups is 1. The predicted molar refractivity (Wildman–Crippen MR) is 78.4 cm³/mol. The molecule has 1 aliphatic heterocycles. The van der Waals surface area contributed by atoms with Gasteiger partial charge in [-0.15, -0.1) is 0 Å². The van der Waals surface area contributed by atoms with Crippen LogP contribution in [0.2, 0.25) is 0 Å². The lowest BCUT2D eigenvalue weighted by Gasteiger charge is -2.29. The smallest absolute Gasteiger partial charge is 0.161 e.